The number of hydrogen-bond donors (Lipinski definition) is 3. The van der Waals surface area contributed by atoms with Crippen LogP contribution in [0, 0.1) is 0 Å². The smallest absolute Gasteiger partial charge is 0.137 e. The molecule has 1 aliphatic rings. The van der Waals surface area contributed by atoms with E-state index in [0.717, 1.165) is 58.5 Å². The first-order valence-electron chi connectivity index (χ1n) is 13.5. The van der Waals surface area contributed by atoms with E-state index in [1.54, 1.807) is 12.4 Å². The normalized spacial score (nSPS) is 17.1. The van der Waals surface area contributed by atoms with Gasteiger partial charge in [-0.25, -0.2) is 0 Å². The van der Waals surface area contributed by atoms with Crippen LogP contribution >= 0.6 is 0 Å². The number of allylic oxidation sites excluding steroid dienone is 8. The molecule has 0 saturated heterocycles. The Morgan fingerprint density at radius 2 is 1.97 bits per heavy atom. The van der Waals surface area contributed by atoms with Crippen LogP contribution in [-0.4, -0.2) is 15.6 Å². The number of hydrogen-bond acceptors (Lipinski definition) is 4. The topological polar surface area (TPSA) is 81.9 Å². The minimum Gasteiger partial charge on any atom is -0.404 e. The van der Waals surface area contributed by atoms with Gasteiger partial charge in [-0.2, -0.15) is 0 Å². The van der Waals surface area contributed by atoms with E-state index in [2.05, 4.69) is 89.6 Å². The lowest BCUT2D eigenvalue weighted by atomic mass is 9.91. The summed E-state index contributed by atoms with van der Waals surface area (Å²) in [5.41, 5.74) is 20.9. The molecule has 0 fully saturated rings. The summed E-state index contributed by atoms with van der Waals surface area (Å²) in [6.07, 6.45) is 20.1. The van der Waals surface area contributed by atoms with Crippen molar-refractivity contribution in [3.63, 3.8) is 0 Å². The summed E-state index contributed by atoms with van der Waals surface area (Å²) in [4.78, 5) is 4.38. The monoisotopic (exact) mass is 517 g/mol. The summed E-state index contributed by atoms with van der Waals surface area (Å²) >= 11 is 0. The molecule has 0 bridgehead atoms. The number of fused-ring (bicyclic) bond motifs is 1. The third kappa shape index (κ3) is 6.11. The number of rotatable bonds is 10. The van der Waals surface area contributed by atoms with Crippen molar-refractivity contribution in [2.45, 2.75) is 45.4 Å². The molecule has 0 radical (unpaired) electrons. The van der Waals surface area contributed by atoms with Gasteiger partial charge in [-0.3, -0.25) is 16.0 Å². The first kappa shape index (κ1) is 27.8. The SMILES string of the molecule is C=C(C1=CC=CCC[C@@H]1NC(N)n1c(/C=C\C)c(CC)c2ccccc21)C(/C=C\C(=C)c1ccccn1)=C/N. The Labute approximate surface area is 232 Å². The Kier molecular flexibility index (Phi) is 9.31. The van der Waals surface area contributed by atoms with E-state index in [9.17, 15) is 0 Å². The molecule has 1 unspecified atom stereocenters. The number of nitrogens with two attached hydrogens (primary N) is 2. The van der Waals surface area contributed by atoms with Crippen molar-refractivity contribution in [2.75, 3.05) is 0 Å². The molecule has 2 aromatic heterocycles. The van der Waals surface area contributed by atoms with Crippen molar-refractivity contribution in [3.8, 4) is 0 Å². The largest absolute Gasteiger partial charge is 0.404 e. The molecule has 5 heteroatoms. The summed E-state index contributed by atoms with van der Waals surface area (Å²) in [5, 5.41) is 4.96. The van der Waals surface area contributed by atoms with Crippen LogP contribution in [0.25, 0.3) is 22.6 Å². The molecule has 1 aromatic carbocycles. The zero-order valence-corrected chi connectivity index (χ0v) is 23.0. The molecule has 1 aliphatic carbocycles. The summed E-state index contributed by atoms with van der Waals surface area (Å²) in [6, 6.07) is 14.2. The van der Waals surface area contributed by atoms with E-state index in [-0.39, 0.29) is 6.04 Å². The zero-order valence-electron chi connectivity index (χ0n) is 23.0. The second-order valence-corrected chi connectivity index (χ2v) is 9.57. The first-order valence-corrected chi connectivity index (χ1v) is 13.5. The molecule has 4 rings (SSSR count). The molecule has 5 N–H and O–H groups in total. The number of pyridine rings is 1. The number of nitrogens with one attached hydrogen (secondary N) is 1. The van der Waals surface area contributed by atoms with Crippen LogP contribution < -0.4 is 16.8 Å². The van der Waals surface area contributed by atoms with Gasteiger partial charge >= 0.3 is 0 Å². The van der Waals surface area contributed by atoms with Crippen LogP contribution in [0.2, 0.25) is 0 Å². The summed E-state index contributed by atoms with van der Waals surface area (Å²) in [6.45, 7) is 12.8. The molecule has 0 saturated carbocycles. The number of nitrogens with zero attached hydrogens (tertiary/aromatic N) is 2. The fraction of sp³-hybridized carbons (Fsp3) is 0.206. The van der Waals surface area contributed by atoms with Crippen LogP contribution in [0.15, 0.2) is 121 Å². The van der Waals surface area contributed by atoms with Crippen molar-refractivity contribution in [1.82, 2.24) is 14.9 Å². The minimum absolute atomic E-state index is 0.0189. The van der Waals surface area contributed by atoms with E-state index >= 15 is 0 Å². The molecule has 2 atom stereocenters. The van der Waals surface area contributed by atoms with Gasteiger partial charge in [0.1, 0.15) is 6.29 Å². The van der Waals surface area contributed by atoms with Gasteiger partial charge in [0, 0.05) is 29.5 Å². The average Bonchev–Trinajstić information content (AvgIpc) is 3.09. The molecular weight excluding hydrogens is 478 g/mol. The second-order valence-electron chi connectivity index (χ2n) is 9.57. The van der Waals surface area contributed by atoms with Gasteiger partial charge in [0.2, 0.25) is 0 Å². The van der Waals surface area contributed by atoms with E-state index in [1.165, 1.54) is 10.9 Å². The van der Waals surface area contributed by atoms with E-state index in [0.29, 0.717) is 0 Å². The molecule has 200 valence electrons. The van der Waals surface area contributed by atoms with Crippen LogP contribution in [0.5, 0.6) is 0 Å². The predicted octanol–water partition coefficient (Wildman–Crippen LogP) is 6.95. The van der Waals surface area contributed by atoms with Gasteiger partial charge in [0.05, 0.1) is 11.2 Å². The number of aromatic nitrogens is 2. The Morgan fingerprint density at radius 3 is 2.69 bits per heavy atom. The lowest BCUT2D eigenvalue weighted by Crippen LogP contribution is -2.42. The summed E-state index contributed by atoms with van der Waals surface area (Å²) in [5.74, 6) is 0. The fourth-order valence-corrected chi connectivity index (χ4v) is 5.18. The highest BCUT2D eigenvalue weighted by molar-refractivity contribution is 5.88. The van der Waals surface area contributed by atoms with Crippen molar-refractivity contribution in [3.05, 3.63) is 138 Å². The van der Waals surface area contributed by atoms with Crippen LogP contribution in [0.4, 0.5) is 0 Å². The highest BCUT2D eigenvalue weighted by Crippen LogP contribution is 2.31. The quantitative estimate of drug-likeness (QED) is 0.201. The van der Waals surface area contributed by atoms with E-state index in [4.69, 9.17) is 11.5 Å². The standard InChI is InChI=1S/C34H39N5/c1-5-14-32-27(6-2)29-16-10-11-19-33(29)39(32)34(36)38-31-18-9-7-8-15-28(31)25(4)26(23-35)21-20-24(3)30-17-12-13-22-37-30/h5,7-8,10-17,19-23,31,34,38H,3-4,6,9,18,35-36H2,1-2H3/b14-5-,21-20-,26-23+/t31-,34?/m0/s1. The van der Waals surface area contributed by atoms with Gasteiger partial charge < -0.3 is 10.3 Å². The van der Waals surface area contributed by atoms with Gasteiger partial charge in [0.15, 0.2) is 0 Å². The van der Waals surface area contributed by atoms with Crippen LogP contribution in [0.1, 0.15) is 49.9 Å². The average molecular weight is 518 g/mol. The Bertz CT molecular complexity index is 1480. The minimum atomic E-state index is -0.439. The Balaban J connectivity index is 1.62. The van der Waals surface area contributed by atoms with Crippen molar-refractivity contribution in [1.29, 1.82) is 0 Å². The maximum absolute atomic E-state index is 6.94. The van der Waals surface area contributed by atoms with Crippen LogP contribution in [0.3, 0.4) is 0 Å². The van der Waals surface area contributed by atoms with Gasteiger partial charge in [-0.1, -0.05) is 80.8 Å². The molecule has 3 aromatic rings. The van der Waals surface area contributed by atoms with Crippen LogP contribution in [-0.2, 0) is 6.42 Å². The van der Waals surface area contributed by atoms with E-state index in [1.807, 2.05) is 37.3 Å². The zero-order chi connectivity index (χ0) is 27.8. The first-order chi connectivity index (χ1) is 19.0. The van der Waals surface area contributed by atoms with Gasteiger partial charge in [-0.15, -0.1) is 0 Å². The maximum atomic E-state index is 6.94. The highest BCUT2D eigenvalue weighted by atomic mass is 15.3. The predicted molar refractivity (Wildman–Crippen MR) is 166 cm³/mol. The third-order valence-corrected chi connectivity index (χ3v) is 7.13. The van der Waals surface area contributed by atoms with E-state index < -0.39 is 6.29 Å². The lowest BCUT2D eigenvalue weighted by Gasteiger charge is -2.28. The van der Waals surface area contributed by atoms with Crippen molar-refractivity contribution in [2.24, 2.45) is 11.5 Å². The molecule has 0 aliphatic heterocycles. The number of benzene rings is 1. The van der Waals surface area contributed by atoms with Crippen molar-refractivity contribution < 1.29 is 0 Å². The second kappa shape index (κ2) is 13.1. The van der Waals surface area contributed by atoms with Gasteiger partial charge in [-0.05, 0) is 78.3 Å². The Morgan fingerprint density at radius 1 is 1.18 bits per heavy atom. The molecular formula is C34H39N5. The maximum Gasteiger partial charge on any atom is 0.137 e. The molecule has 0 spiro atoms. The third-order valence-electron chi connectivity index (χ3n) is 7.13. The van der Waals surface area contributed by atoms with Crippen molar-refractivity contribution >= 4 is 22.6 Å². The Hall–Kier alpha value is -4.19. The summed E-state index contributed by atoms with van der Waals surface area (Å²) in [7, 11) is 0. The fourth-order valence-electron chi connectivity index (χ4n) is 5.18. The van der Waals surface area contributed by atoms with Gasteiger partial charge in [0.25, 0.3) is 0 Å². The molecule has 39 heavy (non-hydrogen) atoms. The number of aryl methyl sites for hydroxylation is 1. The molecule has 5 nitrogen and oxygen atoms in total. The highest BCUT2D eigenvalue weighted by Gasteiger charge is 2.24. The molecule has 2 heterocycles. The lowest BCUT2D eigenvalue weighted by molar-refractivity contribution is 0.377. The molecule has 0 amide bonds. The summed E-state index contributed by atoms with van der Waals surface area (Å²) < 4.78 is 2.21. The number of para-hydroxylation sites is 1.